The molecule has 0 fully saturated rings. The first-order valence-corrected chi connectivity index (χ1v) is 21.9. The number of nitrogens with zero attached hydrogens (tertiary/aromatic N) is 2. The molecule has 7 nitrogen and oxygen atoms in total. The summed E-state index contributed by atoms with van der Waals surface area (Å²) in [6.07, 6.45) is -10.5. The van der Waals surface area contributed by atoms with Gasteiger partial charge in [0, 0.05) is 63.9 Å². The topological polar surface area (TPSA) is 120 Å². The fourth-order valence-electron chi connectivity index (χ4n) is 6.38. The second-order valence-electron chi connectivity index (χ2n) is 14.0. The van der Waals surface area contributed by atoms with E-state index in [1.807, 2.05) is 6.92 Å². The van der Waals surface area contributed by atoms with E-state index in [-0.39, 0.29) is 77.0 Å². The van der Waals surface area contributed by atoms with Crippen LogP contribution in [0.4, 0.5) is 26.3 Å². The molecule has 0 radical (unpaired) electrons. The molecule has 0 aliphatic carbocycles. The Morgan fingerprint density at radius 1 is 0.597 bits per heavy atom. The molecule has 62 heavy (non-hydrogen) atoms. The van der Waals surface area contributed by atoms with Crippen molar-refractivity contribution in [3.05, 3.63) is 150 Å². The normalized spacial score (nSPS) is 11.8. The van der Waals surface area contributed by atoms with E-state index in [1.165, 1.54) is 36.0 Å². The van der Waals surface area contributed by atoms with Crippen molar-refractivity contribution < 1.29 is 45.5 Å². The number of nitrogens with two attached hydrogens (primary N) is 1. The predicted molar refractivity (Wildman–Crippen MR) is 231 cm³/mol. The number of hydrogen-bond donors (Lipinski definition) is 1. The van der Waals surface area contributed by atoms with E-state index in [0.717, 1.165) is 54.0 Å². The lowest BCUT2D eigenvalue weighted by Crippen LogP contribution is -2.16. The second-order valence-corrected chi connectivity index (χ2v) is 17.5. The molecule has 2 N–H and O–H groups in total. The van der Waals surface area contributed by atoms with Gasteiger partial charge in [-0.25, -0.2) is 9.97 Å². The van der Waals surface area contributed by atoms with E-state index in [1.54, 1.807) is 19.1 Å². The number of carbonyl (C=O) groups is 4. The Morgan fingerprint density at radius 3 is 1.42 bits per heavy atom. The van der Waals surface area contributed by atoms with E-state index in [9.17, 15) is 45.5 Å². The van der Waals surface area contributed by atoms with Gasteiger partial charge in [-0.15, -0.1) is 23.5 Å². The molecule has 5 aromatic rings. The molecule has 1 aromatic heterocycles. The molecule has 0 bridgehead atoms. The molecular weight excluding hydrogens is 919 g/mol. The zero-order valence-electron chi connectivity index (χ0n) is 32.9. The number of aryl methyl sites for hydroxylation is 1. The van der Waals surface area contributed by atoms with E-state index in [0.29, 0.717) is 17.1 Å². The van der Waals surface area contributed by atoms with Crippen molar-refractivity contribution in [1.29, 1.82) is 0 Å². The first kappa shape index (κ1) is 48.8. The van der Waals surface area contributed by atoms with Crippen LogP contribution in [0, 0.1) is 6.92 Å². The summed E-state index contributed by atoms with van der Waals surface area (Å²) in [5.41, 5.74) is 3.65. The monoisotopic (exact) mass is 953 g/mol. The van der Waals surface area contributed by atoms with Crippen molar-refractivity contribution in [2.24, 2.45) is 5.73 Å². The van der Waals surface area contributed by atoms with Gasteiger partial charge in [0.25, 0.3) is 0 Å². The van der Waals surface area contributed by atoms with E-state index < -0.39 is 72.3 Å². The van der Waals surface area contributed by atoms with Crippen LogP contribution in [0.15, 0.2) is 82.8 Å². The average molecular weight is 955 g/mol. The standard InChI is InChI=1S/C44H36Cl3F6N3O4S2/c1-3-9-61-41-24(16-37(57)31-6-4-23(2)11-33(31)46)12-28(43(48,49)50)14-26(41)18-39(59)35-21-36(56-22-55-35)40(60)19-27-15-29(44(51,52)53)13-25(42(27)62-10-8-54)17-38(58)32-7-5-30(45)20-34(32)47/h4-7,11-15,20-22H,3,8-10,16-19,54H2,1-2H3. The van der Waals surface area contributed by atoms with Gasteiger partial charge in [-0.3, -0.25) is 19.2 Å². The number of Topliss-reactive ketones (excluding diaryl/α,β-unsaturated/α-hetero) is 4. The maximum Gasteiger partial charge on any atom is 0.416 e. The Bertz CT molecular complexity index is 2370. The van der Waals surface area contributed by atoms with Crippen molar-refractivity contribution in [1.82, 2.24) is 9.97 Å². The second kappa shape index (κ2) is 21.0. The van der Waals surface area contributed by atoms with Crippen LogP contribution < -0.4 is 5.73 Å². The summed E-state index contributed by atoms with van der Waals surface area (Å²) < 4.78 is 85.8. The van der Waals surface area contributed by atoms with Gasteiger partial charge in [-0.2, -0.15) is 26.3 Å². The summed E-state index contributed by atoms with van der Waals surface area (Å²) >= 11 is 20.7. The zero-order chi connectivity index (χ0) is 45.5. The maximum absolute atomic E-state index is 14.3. The van der Waals surface area contributed by atoms with Crippen molar-refractivity contribution in [3.63, 3.8) is 0 Å². The quantitative estimate of drug-likeness (QED) is 0.0520. The SMILES string of the molecule is CCCSc1c(CC(=O)c2cc(C(=O)Cc3cc(C(F)(F)F)cc(CC(=O)c4ccc(Cl)cc4Cl)c3SCCN)ncn2)cc(C(F)(F)F)cc1CC(=O)c1ccc(C)cc1Cl. The molecule has 18 heteroatoms. The van der Waals surface area contributed by atoms with Crippen LogP contribution in [-0.4, -0.2) is 51.2 Å². The number of hydrogen-bond acceptors (Lipinski definition) is 9. The smallest absolute Gasteiger partial charge is 0.330 e. The number of halogens is 9. The van der Waals surface area contributed by atoms with Gasteiger partial charge in [0.15, 0.2) is 23.1 Å². The van der Waals surface area contributed by atoms with Crippen LogP contribution in [0.2, 0.25) is 15.1 Å². The minimum atomic E-state index is -4.88. The highest BCUT2D eigenvalue weighted by Gasteiger charge is 2.35. The molecule has 0 aliphatic rings. The predicted octanol–water partition coefficient (Wildman–Crippen LogP) is 12.0. The van der Waals surface area contributed by atoms with Crippen LogP contribution >= 0.6 is 58.3 Å². The van der Waals surface area contributed by atoms with Gasteiger partial charge in [-0.1, -0.05) is 47.8 Å². The summed E-state index contributed by atoms with van der Waals surface area (Å²) in [6, 6.07) is 13.2. The molecule has 5 rings (SSSR count). The van der Waals surface area contributed by atoms with Gasteiger partial charge >= 0.3 is 12.4 Å². The van der Waals surface area contributed by atoms with E-state index >= 15 is 0 Å². The summed E-state index contributed by atoms with van der Waals surface area (Å²) in [6.45, 7) is 3.73. The Hall–Kier alpha value is -4.25. The number of ketones is 4. The largest absolute Gasteiger partial charge is 0.416 e. The Balaban J connectivity index is 1.49. The van der Waals surface area contributed by atoms with Gasteiger partial charge in [-0.05, 0) is 108 Å². The number of rotatable bonds is 18. The first-order chi connectivity index (χ1) is 29.2. The van der Waals surface area contributed by atoms with Crippen LogP contribution in [-0.2, 0) is 38.0 Å². The third-order valence-corrected chi connectivity index (χ3v) is 12.8. The Labute approximate surface area is 376 Å². The Morgan fingerprint density at radius 2 is 1.02 bits per heavy atom. The Kier molecular flexibility index (Phi) is 16.5. The van der Waals surface area contributed by atoms with Crippen molar-refractivity contribution in [2.75, 3.05) is 18.1 Å². The minimum Gasteiger partial charge on any atom is -0.330 e. The molecule has 0 saturated heterocycles. The highest BCUT2D eigenvalue weighted by atomic mass is 35.5. The zero-order valence-corrected chi connectivity index (χ0v) is 36.8. The van der Waals surface area contributed by atoms with Gasteiger partial charge < -0.3 is 5.73 Å². The number of aromatic nitrogens is 2. The molecule has 0 atom stereocenters. The molecule has 1 heterocycles. The van der Waals surface area contributed by atoms with Crippen molar-refractivity contribution in [2.45, 2.75) is 68.1 Å². The molecule has 0 aliphatic heterocycles. The third kappa shape index (κ3) is 12.5. The average Bonchev–Trinajstić information content (AvgIpc) is 3.19. The lowest BCUT2D eigenvalue weighted by atomic mass is 9.95. The number of carbonyl (C=O) groups excluding carboxylic acids is 4. The fraction of sp³-hybridized carbons (Fsp3) is 0.273. The van der Waals surface area contributed by atoms with E-state index in [4.69, 9.17) is 40.5 Å². The minimum absolute atomic E-state index is 0.00170. The summed E-state index contributed by atoms with van der Waals surface area (Å²) in [4.78, 5) is 62.9. The number of benzene rings is 4. The van der Waals surface area contributed by atoms with Crippen LogP contribution in [0.25, 0.3) is 0 Å². The van der Waals surface area contributed by atoms with Crippen LogP contribution in [0.5, 0.6) is 0 Å². The van der Waals surface area contributed by atoms with Gasteiger partial charge in [0.05, 0.1) is 21.2 Å². The first-order valence-electron chi connectivity index (χ1n) is 18.8. The molecular formula is C44H36Cl3F6N3O4S2. The summed E-state index contributed by atoms with van der Waals surface area (Å²) in [5, 5.41) is 0.384. The summed E-state index contributed by atoms with van der Waals surface area (Å²) in [5.74, 6) is -2.09. The summed E-state index contributed by atoms with van der Waals surface area (Å²) in [7, 11) is 0. The van der Waals surface area contributed by atoms with E-state index in [2.05, 4.69) is 9.97 Å². The maximum atomic E-state index is 14.3. The van der Waals surface area contributed by atoms with Crippen LogP contribution in [0.3, 0.4) is 0 Å². The molecule has 326 valence electrons. The molecule has 4 aromatic carbocycles. The highest BCUT2D eigenvalue weighted by molar-refractivity contribution is 7.99. The van der Waals surface area contributed by atoms with Gasteiger partial charge in [0.2, 0.25) is 0 Å². The molecule has 0 unspecified atom stereocenters. The van der Waals surface area contributed by atoms with Crippen molar-refractivity contribution in [3.8, 4) is 0 Å². The molecule has 0 saturated carbocycles. The van der Waals surface area contributed by atoms with Gasteiger partial charge in [0.1, 0.15) is 17.7 Å². The van der Waals surface area contributed by atoms with Crippen molar-refractivity contribution >= 4 is 81.5 Å². The molecule has 0 spiro atoms. The number of alkyl halides is 6. The third-order valence-electron chi connectivity index (χ3n) is 9.25. The highest BCUT2D eigenvalue weighted by Crippen LogP contribution is 2.39. The fourth-order valence-corrected chi connectivity index (χ4v) is 9.24. The molecule has 0 amide bonds. The lowest BCUT2D eigenvalue weighted by Gasteiger charge is -2.18. The van der Waals surface area contributed by atoms with Crippen LogP contribution in [0.1, 0.15) is 94.0 Å². The number of thioether (sulfide) groups is 2. The lowest BCUT2D eigenvalue weighted by molar-refractivity contribution is -0.138.